The van der Waals surface area contributed by atoms with Crippen LogP contribution in [0.25, 0.3) is 0 Å². The van der Waals surface area contributed by atoms with Gasteiger partial charge in [-0.05, 0) is 25.7 Å². The highest BCUT2D eigenvalue weighted by Crippen LogP contribution is 2.44. The minimum Gasteiger partial charge on any atom is -0.297 e. The molecule has 0 atom stereocenters. The summed E-state index contributed by atoms with van der Waals surface area (Å²) >= 11 is 0. The number of rotatable bonds is 3. The molecule has 1 aromatic heterocycles. The molecule has 0 saturated heterocycles. The number of sulfonamides is 1. The van der Waals surface area contributed by atoms with Gasteiger partial charge in [0, 0.05) is 11.5 Å². The zero-order valence-electron chi connectivity index (χ0n) is 11.2. The summed E-state index contributed by atoms with van der Waals surface area (Å²) in [5.41, 5.74) is -0.0587. The Labute approximate surface area is 113 Å². The number of aromatic nitrogens is 3. The Morgan fingerprint density at radius 1 is 1.21 bits per heavy atom. The van der Waals surface area contributed by atoms with E-state index in [9.17, 15) is 8.42 Å². The summed E-state index contributed by atoms with van der Waals surface area (Å²) in [7, 11) is -3.79. The van der Waals surface area contributed by atoms with Gasteiger partial charge >= 0.3 is 0 Å². The average molecular weight is 284 g/mol. The van der Waals surface area contributed by atoms with Crippen LogP contribution in [-0.2, 0) is 15.4 Å². The van der Waals surface area contributed by atoms with Crippen molar-refractivity contribution in [2.75, 3.05) is 0 Å². The third-order valence-electron chi connectivity index (χ3n) is 4.33. The number of nitrogens with zero attached hydrogens (tertiary/aromatic N) is 3. The summed E-state index contributed by atoms with van der Waals surface area (Å²) in [4.78, 5) is 0. The highest BCUT2D eigenvalue weighted by Gasteiger charge is 2.40. The highest BCUT2D eigenvalue weighted by atomic mass is 32.2. The van der Waals surface area contributed by atoms with Gasteiger partial charge in [0.05, 0.1) is 0 Å². The molecule has 0 unspecified atom stereocenters. The lowest BCUT2D eigenvalue weighted by molar-refractivity contribution is 0.291. The summed E-state index contributed by atoms with van der Waals surface area (Å²) in [5.74, 6) is 0.818. The molecule has 106 valence electrons. The molecular formula is C12H20N4O2S. The van der Waals surface area contributed by atoms with E-state index in [1.807, 2.05) is 0 Å². The quantitative estimate of drug-likeness (QED) is 0.910. The second kappa shape index (κ2) is 4.28. The molecule has 19 heavy (non-hydrogen) atoms. The van der Waals surface area contributed by atoms with Crippen LogP contribution in [0.5, 0.6) is 0 Å². The lowest BCUT2D eigenvalue weighted by atomic mass is 9.75. The molecule has 0 amide bonds. The Hall–Kier alpha value is -0.950. The van der Waals surface area contributed by atoms with Crippen molar-refractivity contribution in [3.05, 3.63) is 5.82 Å². The molecule has 0 aromatic carbocycles. The van der Waals surface area contributed by atoms with Crippen molar-refractivity contribution in [2.24, 2.45) is 5.14 Å². The van der Waals surface area contributed by atoms with Crippen molar-refractivity contribution in [3.8, 4) is 0 Å². The van der Waals surface area contributed by atoms with Crippen LogP contribution in [0.1, 0.15) is 63.7 Å². The van der Waals surface area contributed by atoms with Gasteiger partial charge in [0.1, 0.15) is 5.82 Å². The van der Waals surface area contributed by atoms with Crippen LogP contribution in [0.4, 0.5) is 0 Å². The molecule has 0 bridgehead atoms. The minimum absolute atomic E-state index is 0.0585. The monoisotopic (exact) mass is 284 g/mol. The van der Waals surface area contributed by atoms with Crippen molar-refractivity contribution in [1.82, 2.24) is 14.8 Å². The van der Waals surface area contributed by atoms with Crippen LogP contribution in [0, 0.1) is 0 Å². The van der Waals surface area contributed by atoms with E-state index in [1.165, 1.54) is 19.3 Å². The van der Waals surface area contributed by atoms with Crippen LogP contribution in [0.15, 0.2) is 5.16 Å². The molecule has 1 aromatic rings. The van der Waals surface area contributed by atoms with E-state index in [0.717, 1.165) is 31.5 Å². The Morgan fingerprint density at radius 3 is 2.37 bits per heavy atom. The van der Waals surface area contributed by atoms with Crippen molar-refractivity contribution in [3.63, 3.8) is 0 Å². The number of nitrogens with two attached hydrogens (primary N) is 1. The Kier molecular flexibility index (Phi) is 2.94. The van der Waals surface area contributed by atoms with Gasteiger partial charge < -0.3 is 0 Å². The molecule has 2 fully saturated rings. The molecule has 2 aliphatic carbocycles. The maximum atomic E-state index is 11.6. The van der Waals surface area contributed by atoms with Crippen LogP contribution in [0.3, 0.4) is 0 Å². The minimum atomic E-state index is -3.79. The molecule has 3 rings (SSSR count). The molecule has 2 saturated carbocycles. The van der Waals surface area contributed by atoms with Gasteiger partial charge in [-0.15, -0.1) is 10.2 Å². The normalized spacial score (nSPS) is 23.5. The fraction of sp³-hybridized carbons (Fsp3) is 0.833. The SMILES string of the molecule is CC1(c2nnc(S(N)(=O)=O)n2C2CC2)CCCCC1. The third kappa shape index (κ3) is 2.29. The molecule has 6 nitrogen and oxygen atoms in total. The summed E-state index contributed by atoms with van der Waals surface area (Å²) in [6, 6.07) is 0.220. The number of primary sulfonamides is 1. The van der Waals surface area contributed by atoms with Crippen molar-refractivity contribution in [2.45, 2.75) is 68.5 Å². The van der Waals surface area contributed by atoms with E-state index in [4.69, 9.17) is 5.14 Å². The Morgan fingerprint density at radius 2 is 1.84 bits per heavy atom. The van der Waals surface area contributed by atoms with Crippen molar-refractivity contribution < 1.29 is 8.42 Å². The molecule has 0 aliphatic heterocycles. The molecule has 0 radical (unpaired) electrons. The fourth-order valence-electron chi connectivity index (χ4n) is 3.10. The highest BCUT2D eigenvalue weighted by molar-refractivity contribution is 7.89. The maximum Gasteiger partial charge on any atom is 0.273 e. The zero-order valence-corrected chi connectivity index (χ0v) is 12.0. The fourth-order valence-corrected chi connectivity index (χ4v) is 3.76. The van der Waals surface area contributed by atoms with E-state index in [2.05, 4.69) is 17.1 Å². The van der Waals surface area contributed by atoms with Gasteiger partial charge in [0.2, 0.25) is 0 Å². The zero-order chi connectivity index (χ0) is 13.7. The third-order valence-corrected chi connectivity index (χ3v) is 5.12. The van der Waals surface area contributed by atoms with E-state index in [-0.39, 0.29) is 16.6 Å². The second-order valence-electron chi connectivity index (χ2n) is 6.07. The van der Waals surface area contributed by atoms with E-state index in [1.54, 1.807) is 4.57 Å². The molecule has 2 aliphatic rings. The van der Waals surface area contributed by atoms with Gasteiger partial charge in [0.15, 0.2) is 0 Å². The summed E-state index contributed by atoms with van der Waals surface area (Å²) in [6.07, 6.45) is 7.64. The number of hydrogen-bond donors (Lipinski definition) is 1. The summed E-state index contributed by atoms with van der Waals surface area (Å²) < 4.78 is 25.1. The molecule has 7 heteroatoms. The average Bonchev–Trinajstić information content (AvgIpc) is 3.06. The molecule has 2 N–H and O–H groups in total. The molecule has 0 spiro atoms. The van der Waals surface area contributed by atoms with E-state index >= 15 is 0 Å². The topological polar surface area (TPSA) is 90.9 Å². The first-order valence-corrected chi connectivity index (χ1v) is 8.45. The maximum absolute atomic E-state index is 11.6. The van der Waals surface area contributed by atoms with Gasteiger partial charge in [-0.25, -0.2) is 13.6 Å². The second-order valence-corrected chi connectivity index (χ2v) is 7.53. The van der Waals surface area contributed by atoms with Gasteiger partial charge in [0.25, 0.3) is 15.2 Å². The first-order valence-electron chi connectivity index (χ1n) is 6.90. The summed E-state index contributed by atoms with van der Waals surface area (Å²) in [6.45, 7) is 2.17. The van der Waals surface area contributed by atoms with Gasteiger partial charge in [-0.3, -0.25) is 4.57 Å². The lowest BCUT2D eigenvalue weighted by Gasteiger charge is -2.32. The molecule has 1 heterocycles. The predicted octanol–water partition coefficient (Wildman–Crippen LogP) is 1.48. The Balaban J connectivity index is 2.09. The first kappa shape index (κ1) is 13.1. The van der Waals surface area contributed by atoms with Crippen molar-refractivity contribution in [1.29, 1.82) is 0 Å². The lowest BCUT2D eigenvalue weighted by Crippen LogP contribution is -2.30. The van der Waals surface area contributed by atoms with E-state index < -0.39 is 10.0 Å². The van der Waals surface area contributed by atoms with Crippen LogP contribution < -0.4 is 5.14 Å². The first-order chi connectivity index (χ1) is 8.92. The smallest absolute Gasteiger partial charge is 0.273 e. The summed E-state index contributed by atoms with van der Waals surface area (Å²) in [5, 5.41) is 13.3. The predicted molar refractivity (Wildman–Crippen MR) is 70.1 cm³/mol. The van der Waals surface area contributed by atoms with Gasteiger partial charge in [-0.1, -0.05) is 26.2 Å². The van der Waals surface area contributed by atoms with Crippen LogP contribution in [0.2, 0.25) is 0 Å². The Bertz CT molecular complexity index is 583. The van der Waals surface area contributed by atoms with E-state index in [0.29, 0.717) is 0 Å². The largest absolute Gasteiger partial charge is 0.297 e. The van der Waals surface area contributed by atoms with Gasteiger partial charge in [-0.2, -0.15) is 0 Å². The molecular weight excluding hydrogens is 264 g/mol. The van der Waals surface area contributed by atoms with Crippen LogP contribution in [-0.4, -0.2) is 23.2 Å². The standard InChI is InChI=1S/C12H20N4O2S/c1-12(7-3-2-4-8-12)10-14-15-11(19(13,17)18)16(10)9-5-6-9/h9H,2-8H2,1H3,(H2,13,17,18). The van der Waals surface area contributed by atoms with Crippen LogP contribution >= 0.6 is 0 Å². The number of hydrogen-bond acceptors (Lipinski definition) is 4. The van der Waals surface area contributed by atoms with Crippen molar-refractivity contribution >= 4 is 10.0 Å².